The first kappa shape index (κ1) is 24.3. The highest BCUT2D eigenvalue weighted by Crippen LogP contribution is 2.32. The fourth-order valence-electron chi connectivity index (χ4n) is 4.45. The molecule has 5 aromatic rings. The van der Waals surface area contributed by atoms with Crippen molar-refractivity contribution < 1.29 is 4.74 Å². The van der Waals surface area contributed by atoms with Gasteiger partial charge in [0.1, 0.15) is 30.2 Å². The lowest BCUT2D eigenvalue weighted by atomic mass is 10.1. The monoisotopic (exact) mass is 526 g/mol. The van der Waals surface area contributed by atoms with E-state index in [9.17, 15) is 0 Å². The number of halogens is 1. The average molecular weight is 527 g/mol. The third-order valence-corrected chi connectivity index (χ3v) is 7.03. The second-order valence-electron chi connectivity index (χ2n) is 9.62. The van der Waals surface area contributed by atoms with E-state index in [0.717, 1.165) is 46.6 Å². The topological polar surface area (TPSA) is 93.9 Å². The maximum Gasteiger partial charge on any atom is 0.141 e. The minimum atomic E-state index is 0.341. The van der Waals surface area contributed by atoms with E-state index in [4.69, 9.17) is 16.3 Å². The summed E-state index contributed by atoms with van der Waals surface area (Å²) in [6.07, 6.45) is 5.30. The van der Waals surface area contributed by atoms with Gasteiger partial charge in [-0.25, -0.2) is 14.6 Å². The molecule has 0 unspecified atom stereocenters. The van der Waals surface area contributed by atoms with Gasteiger partial charge in [0.25, 0.3) is 0 Å². The maximum absolute atomic E-state index is 6.52. The molecule has 2 aromatic carbocycles. The van der Waals surface area contributed by atoms with Crippen molar-refractivity contribution in [2.45, 2.75) is 32.5 Å². The first-order valence-corrected chi connectivity index (χ1v) is 12.9. The Balaban J connectivity index is 1.20. The molecule has 6 rings (SSSR count). The molecule has 3 aromatic heterocycles. The first-order valence-electron chi connectivity index (χ1n) is 12.5. The molecular formula is C28H27ClN8O. The molecule has 0 radical (unpaired) electrons. The Morgan fingerprint density at radius 3 is 2.74 bits per heavy atom. The van der Waals surface area contributed by atoms with Gasteiger partial charge in [-0.2, -0.15) is 0 Å². The molecule has 9 nitrogen and oxygen atoms in total. The van der Waals surface area contributed by atoms with E-state index in [-0.39, 0.29) is 0 Å². The van der Waals surface area contributed by atoms with Crippen molar-refractivity contribution in [3.63, 3.8) is 0 Å². The van der Waals surface area contributed by atoms with Crippen LogP contribution >= 0.6 is 11.6 Å². The number of pyridine rings is 1. The van der Waals surface area contributed by atoms with Crippen LogP contribution in [-0.2, 0) is 6.61 Å². The van der Waals surface area contributed by atoms with Crippen molar-refractivity contribution in [1.29, 1.82) is 0 Å². The number of nitrogens with one attached hydrogen (secondary N) is 1. The Kier molecular flexibility index (Phi) is 6.61. The first-order chi connectivity index (χ1) is 18.5. The summed E-state index contributed by atoms with van der Waals surface area (Å²) in [5.74, 6) is 1.26. The summed E-state index contributed by atoms with van der Waals surface area (Å²) in [6, 6.07) is 18.2. The SMILES string of the molecule is CC(C)N1CC(n2cc(-c3ccc4ncnc(Nc5ccc(OCc6ccccn6)c(Cl)c5)c4c3)nn2)C1. The fourth-order valence-corrected chi connectivity index (χ4v) is 4.68. The number of hydrogen-bond acceptors (Lipinski definition) is 8. The third kappa shape index (κ3) is 5.03. The molecule has 1 N–H and O–H groups in total. The number of benzene rings is 2. The lowest BCUT2D eigenvalue weighted by Gasteiger charge is -2.41. The number of nitrogens with zero attached hydrogens (tertiary/aromatic N) is 7. The van der Waals surface area contributed by atoms with E-state index in [1.165, 1.54) is 0 Å². The lowest BCUT2D eigenvalue weighted by molar-refractivity contribution is 0.0664. The molecule has 4 heterocycles. The minimum Gasteiger partial charge on any atom is -0.486 e. The highest BCUT2D eigenvalue weighted by Gasteiger charge is 2.30. The Hall–Kier alpha value is -4.08. The number of hydrogen-bond donors (Lipinski definition) is 1. The molecule has 1 saturated heterocycles. The highest BCUT2D eigenvalue weighted by molar-refractivity contribution is 6.32. The van der Waals surface area contributed by atoms with Crippen LogP contribution in [-0.4, -0.2) is 54.0 Å². The van der Waals surface area contributed by atoms with Crippen LogP contribution in [0.2, 0.25) is 5.02 Å². The number of rotatable bonds is 8. The van der Waals surface area contributed by atoms with Gasteiger partial charge in [0.2, 0.25) is 0 Å². The largest absolute Gasteiger partial charge is 0.486 e. The van der Waals surface area contributed by atoms with E-state index >= 15 is 0 Å². The van der Waals surface area contributed by atoms with Crippen LogP contribution in [0.1, 0.15) is 25.6 Å². The summed E-state index contributed by atoms with van der Waals surface area (Å²) in [6.45, 7) is 6.76. The van der Waals surface area contributed by atoms with Gasteiger partial charge in [0.15, 0.2) is 0 Å². The summed E-state index contributed by atoms with van der Waals surface area (Å²) < 4.78 is 7.82. The molecule has 0 amide bonds. The van der Waals surface area contributed by atoms with E-state index in [1.807, 2.05) is 65.5 Å². The van der Waals surface area contributed by atoms with Crippen molar-refractivity contribution in [2.24, 2.45) is 0 Å². The van der Waals surface area contributed by atoms with Gasteiger partial charge >= 0.3 is 0 Å². The summed E-state index contributed by atoms with van der Waals surface area (Å²) in [7, 11) is 0. The zero-order valence-corrected chi connectivity index (χ0v) is 21.9. The zero-order valence-electron chi connectivity index (χ0n) is 21.1. The predicted octanol–water partition coefficient (Wildman–Crippen LogP) is 5.52. The average Bonchev–Trinajstić information content (AvgIpc) is 3.37. The minimum absolute atomic E-state index is 0.341. The number of aromatic nitrogens is 6. The predicted molar refractivity (Wildman–Crippen MR) is 148 cm³/mol. The standard InChI is InChI=1S/C28H27ClN8O/c1-18(2)36-13-22(14-36)37-15-26(34-35-37)19-6-8-25-23(11-19)28(32-17-31-25)33-20-7-9-27(24(29)12-20)38-16-21-5-3-4-10-30-21/h3-12,15,17-18,22H,13-14,16H2,1-2H3,(H,31,32,33). The maximum atomic E-state index is 6.52. The van der Waals surface area contributed by atoms with Gasteiger partial charge in [-0.05, 0) is 56.3 Å². The van der Waals surface area contributed by atoms with Gasteiger partial charge in [-0.15, -0.1) is 5.10 Å². The lowest BCUT2D eigenvalue weighted by Crippen LogP contribution is -2.51. The van der Waals surface area contributed by atoms with Crippen LogP contribution < -0.4 is 10.1 Å². The summed E-state index contributed by atoms with van der Waals surface area (Å²) in [4.78, 5) is 15.6. The highest BCUT2D eigenvalue weighted by atomic mass is 35.5. The number of likely N-dealkylation sites (tertiary alicyclic amines) is 1. The molecule has 192 valence electrons. The molecule has 0 bridgehead atoms. The molecule has 0 saturated carbocycles. The van der Waals surface area contributed by atoms with Crippen molar-refractivity contribution >= 4 is 34.0 Å². The molecule has 38 heavy (non-hydrogen) atoms. The normalized spacial score (nSPS) is 14.1. The van der Waals surface area contributed by atoms with Crippen LogP contribution in [0.15, 0.2) is 73.3 Å². The van der Waals surface area contributed by atoms with Crippen LogP contribution in [0.5, 0.6) is 5.75 Å². The van der Waals surface area contributed by atoms with Gasteiger partial charge in [-0.3, -0.25) is 9.88 Å². The van der Waals surface area contributed by atoms with E-state index in [2.05, 4.69) is 49.3 Å². The molecule has 1 aliphatic rings. The smallest absolute Gasteiger partial charge is 0.141 e. The molecule has 10 heteroatoms. The van der Waals surface area contributed by atoms with Crippen LogP contribution in [0.25, 0.3) is 22.2 Å². The van der Waals surface area contributed by atoms with Gasteiger partial charge in [0, 0.05) is 42.0 Å². The van der Waals surface area contributed by atoms with E-state index in [0.29, 0.717) is 35.3 Å². The summed E-state index contributed by atoms with van der Waals surface area (Å²) in [5.41, 5.74) is 4.22. The Labute approximate surface area is 225 Å². The van der Waals surface area contributed by atoms with Gasteiger partial charge in [-0.1, -0.05) is 28.9 Å². The number of ether oxygens (including phenoxy) is 1. The second-order valence-corrected chi connectivity index (χ2v) is 10.0. The van der Waals surface area contributed by atoms with Crippen molar-refractivity contribution in [2.75, 3.05) is 18.4 Å². The van der Waals surface area contributed by atoms with Gasteiger partial charge < -0.3 is 10.1 Å². The fraction of sp³-hybridized carbons (Fsp3) is 0.250. The number of fused-ring (bicyclic) bond motifs is 1. The summed E-state index contributed by atoms with van der Waals surface area (Å²) in [5, 5.41) is 13.6. The molecule has 0 aliphatic carbocycles. The molecule has 1 aliphatic heterocycles. The molecule has 0 atom stereocenters. The van der Waals surface area contributed by atoms with E-state index in [1.54, 1.807) is 12.5 Å². The number of anilines is 2. The zero-order chi connectivity index (χ0) is 26.1. The third-order valence-electron chi connectivity index (χ3n) is 6.73. The molecular weight excluding hydrogens is 500 g/mol. The molecule has 0 spiro atoms. The molecule has 1 fully saturated rings. The second kappa shape index (κ2) is 10.4. The van der Waals surface area contributed by atoms with Crippen LogP contribution in [0, 0.1) is 0 Å². The van der Waals surface area contributed by atoms with Gasteiger partial charge in [0.05, 0.1) is 28.5 Å². The summed E-state index contributed by atoms with van der Waals surface area (Å²) >= 11 is 6.52. The van der Waals surface area contributed by atoms with Crippen molar-refractivity contribution in [1.82, 2.24) is 34.8 Å². The van der Waals surface area contributed by atoms with Crippen LogP contribution in [0.3, 0.4) is 0 Å². The Bertz CT molecular complexity index is 1570. The Morgan fingerprint density at radius 1 is 1.05 bits per heavy atom. The Morgan fingerprint density at radius 2 is 1.95 bits per heavy atom. The van der Waals surface area contributed by atoms with E-state index < -0.39 is 0 Å². The van der Waals surface area contributed by atoms with Crippen molar-refractivity contribution in [3.8, 4) is 17.0 Å². The van der Waals surface area contributed by atoms with Crippen molar-refractivity contribution in [3.05, 3.63) is 84.0 Å². The quantitative estimate of drug-likeness (QED) is 0.282. The van der Waals surface area contributed by atoms with Crippen LogP contribution in [0.4, 0.5) is 11.5 Å².